The van der Waals surface area contributed by atoms with Gasteiger partial charge in [0, 0.05) is 18.0 Å². The molecule has 1 aliphatic carbocycles. The first-order valence-electron chi connectivity index (χ1n) is 7.37. The fourth-order valence-electron chi connectivity index (χ4n) is 2.53. The predicted molar refractivity (Wildman–Crippen MR) is 83.4 cm³/mol. The Kier molecular flexibility index (Phi) is 3.82. The van der Waals surface area contributed by atoms with E-state index in [1.807, 2.05) is 18.2 Å². The van der Waals surface area contributed by atoms with Crippen molar-refractivity contribution in [2.75, 3.05) is 7.11 Å². The maximum atomic E-state index is 5.92. The second-order valence-corrected chi connectivity index (χ2v) is 5.63. The number of hydrogen-bond donors (Lipinski definition) is 1. The fourth-order valence-corrected chi connectivity index (χ4v) is 2.53. The molecule has 5 heteroatoms. The highest BCUT2D eigenvalue weighted by atomic mass is 16.5. The molecule has 2 unspecified atom stereocenters. The van der Waals surface area contributed by atoms with Gasteiger partial charge in [-0.15, -0.1) is 0 Å². The van der Waals surface area contributed by atoms with E-state index in [0.717, 1.165) is 35.9 Å². The Morgan fingerprint density at radius 3 is 2.81 bits per heavy atom. The minimum atomic E-state index is -0.236. The topological polar surface area (TPSA) is 55.2 Å². The van der Waals surface area contributed by atoms with Gasteiger partial charge in [-0.2, -0.15) is 0 Å². The van der Waals surface area contributed by atoms with Crippen molar-refractivity contribution >= 4 is 11.7 Å². The number of allylic oxidation sites excluding steroid dienone is 3. The highest BCUT2D eigenvalue weighted by molar-refractivity contribution is 5.98. The summed E-state index contributed by atoms with van der Waals surface area (Å²) in [6.45, 7) is 4.18. The lowest BCUT2D eigenvalue weighted by Gasteiger charge is -2.19. The Morgan fingerprint density at radius 2 is 2.14 bits per heavy atom. The average molecular weight is 287 g/mol. The molecule has 0 fully saturated rings. The molecule has 0 bridgehead atoms. The van der Waals surface area contributed by atoms with Gasteiger partial charge in [-0.05, 0) is 32.4 Å². The summed E-state index contributed by atoms with van der Waals surface area (Å²) in [5.41, 5.74) is 1.12. The molecule has 0 amide bonds. The van der Waals surface area contributed by atoms with E-state index >= 15 is 0 Å². The molecule has 1 N–H and O–H groups in total. The molecule has 21 heavy (non-hydrogen) atoms. The van der Waals surface area contributed by atoms with Gasteiger partial charge in [-0.1, -0.05) is 12.2 Å². The summed E-state index contributed by atoms with van der Waals surface area (Å²) in [6, 6.07) is 0.344. The zero-order valence-corrected chi connectivity index (χ0v) is 12.7. The molecular weight excluding hydrogens is 266 g/mol. The third-order valence-corrected chi connectivity index (χ3v) is 3.59. The van der Waals surface area contributed by atoms with Gasteiger partial charge < -0.3 is 14.8 Å². The summed E-state index contributed by atoms with van der Waals surface area (Å²) in [7, 11) is 1.70. The largest absolute Gasteiger partial charge is 0.501 e. The first-order chi connectivity index (χ1) is 10.2. The third kappa shape index (κ3) is 3.01. The quantitative estimate of drug-likeness (QED) is 0.866. The van der Waals surface area contributed by atoms with Crippen LogP contribution in [0.25, 0.3) is 0 Å². The van der Waals surface area contributed by atoms with Gasteiger partial charge in [0.2, 0.25) is 12.1 Å². The summed E-state index contributed by atoms with van der Waals surface area (Å²) in [5.74, 6) is 2.58. The van der Waals surface area contributed by atoms with E-state index in [4.69, 9.17) is 9.47 Å². The van der Waals surface area contributed by atoms with Crippen molar-refractivity contribution < 1.29 is 9.47 Å². The molecule has 0 aromatic carbocycles. The number of aliphatic imine (C=N–C) groups is 2. The van der Waals surface area contributed by atoms with Crippen LogP contribution in [-0.4, -0.2) is 37.2 Å². The summed E-state index contributed by atoms with van der Waals surface area (Å²) >= 11 is 0. The monoisotopic (exact) mass is 287 g/mol. The Bertz CT molecular complexity index is 570. The second-order valence-electron chi connectivity index (χ2n) is 5.63. The summed E-state index contributed by atoms with van der Waals surface area (Å²) < 4.78 is 11.2. The molecule has 112 valence electrons. The number of rotatable bonds is 3. The smallest absolute Gasteiger partial charge is 0.219 e. The van der Waals surface area contributed by atoms with Crippen LogP contribution in [0.2, 0.25) is 0 Å². The molecule has 0 radical (unpaired) electrons. The lowest BCUT2D eigenvalue weighted by atomic mass is 10.0. The maximum absolute atomic E-state index is 5.92. The Morgan fingerprint density at radius 1 is 1.29 bits per heavy atom. The molecule has 0 aromatic rings. The van der Waals surface area contributed by atoms with Crippen LogP contribution in [0.4, 0.5) is 0 Å². The molecule has 0 aromatic heterocycles. The summed E-state index contributed by atoms with van der Waals surface area (Å²) in [6.07, 6.45) is 9.59. The number of dihydropyridines is 1. The maximum Gasteiger partial charge on any atom is 0.219 e. The Labute approximate surface area is 125 Å². The van der Waals surface area contributed by atoms with Gasteiger partial charge in [-0.3, -0.25) is 0 Å². The number of hydrogen-bond acceptors (Lipinski definition) is 5. The second kappa shape index (κ2) is 5.76. The van der Waals surface area contributed by atoms with Crippen LogP contribution in [0.15, 0.2) is 45.6 Å². The van der Waals surface area contributed by atoms with Gasteiger partial charge in [-0.25, -0.2) is 9.98 Å². The van der Waals surface area contributed by atoms with Gasteiger partial charge in [0.1, 0.15) is 11.9 Å². The fraction of sp³-hybridized carbons (Fsp3) is 0.500. The van der Waals surface area contributed by atoms with E-state index in [9.17, 15) is 0 Å². The van der Waals surface area contributed by atoms with Crippen LogP contribution in [0.5, 0.6) is 0 Å². The first kappa shape index (κ1) is 13.9. The number of methoxy groups -OCH3 is 1. The number of nitrogens with one attached hydrogen (secondary N) is 1. The van der Waals surface area contributed by atoms with Crippen LogP contribution in [0, 0.1) is 0 Å². The van der Waals surface area contributed by atoms with E-state index in [2.05, 4.69) is 35.2 Å². The standard InChI is InChI=1S/C16H21N3O2/c1-10(2)17-14-9-8-13-16(19-14)21-15(18-13)11-4-6-12(20-3)7-5-11/h4,6,8-10,13,16H,5,7H2,1-3H3,(H,17,19). The zero-order valence-electron chi connectivity index (χ0n) is 12.7. The zero-order chi connectivity index (χ0) is 14.8. The van der Waals surface area contributed by atoms with Gasteiger partial charge in [0.15, 0.2) is 0 Å². The molecule has 5 nitrogen and oxygen atoms in total. The minimum absolute atomic E-state index is 0.00795. The molecule has 3 rings (SSSR count). The Balaban J connectivity index is 1.71. The van der Waals surface area contributed by atoms with Crippen molar-refractivity contribution in [1.29, 1.82) is 0 Å². The molecule has 2 atom stereocenters. The highest BCUT2D eigenvalue weighted by Crippen LogP contribution is 2.27. The molecular formula is C16H21N3O2. The van der Waals surface area contributed by atoms with Crippen molar-refractivity contribution in [3.63, 3.8) is 0 Å². The summed E-state index contributed by atoms with van der Waals surface area (Å²) in [4.78, 5) is 9.21. The molecule has 3 aliphatic rings. The molecule has 0 saturated carbocycles. The van der Waals surface area contributed by atoms with Crippen LogP contribution >= 0.6 is 0 Å². The summed E-state index contributed by atoms with van der Waals surface area (Å²) in [5, 5.41) is 3.29. The van der Waals surface area contributed by atoms with E-state index < -0.39 is 0 Å². The molecule has 2 heterocycles. The van der Waals surface area contributed by atoms with Gasteiger partial charge in [0.25, 0.3) is 0 Å². The number of fused-ring (bicyclic) bond motifs is 1. The SMILES string of the molecule is COC1=CC=C(C2=NC3C=CC(NC(C)C)=NC3O2)CC1. The average Bonchev–Trinajstić information content (AvgIpc) is 2.90. The lowest BCUT2D eigenvalue weighted by molar-refractivity contribution is 0.213. The van der Waals surface area contributed by atoms with Crippen LogP contribution in [0.3, 0.4) is 0 Å². The molecule has 0 spiro atoms. The van der Waals surface area contributed by atoms with Crippen LogP contribution in [-0.2, 0) is 9.47 Å². The predicted octanol–water partition coefficient (Wildman–Crippen LogP) is 2.33. The van der Waals surface area contributed by atoms with Crippen molar-refractivity contribution in [2.45, 2.75) is 45.0 Å². The van der Waals surface area contributed by atoms with E-state index in [1.54, 1.807) is 7.11 Å². The van der Waals surface area contributed by atoms with Gasteiger partial charge in [0.05, 0.1) is 12.9 Å². The molecule has 0 saturated heterocycles. The van der Waals surface area contributed by atoms with E-state index in [-0.39, 0.29) is 12.3 Å². The van der Waals surface area contributed by atoms with Crippen LogP contribution < -0.4 is 5.32 Å². The van der Waals surface area contributed by atoms with Crippen molar-refractivity contribution in [3.8, 4) is 0 Å². The number of amidine groups is 1. The normalized spacial score (nSPS) is 27.2. The van der Waals surface area contributed by atoms with Crippen molar-refractivity contribution in [1.82, 2.24) is 5.32 Å². The van der Waals surface area contributed by atoms with E-state index in [1.165, 1.54) is 0 Å². The number of ether oxygens (including phenoxy) is 2. The third-order valence-electron chi connectivity index (χ3n) is 3.59. The minimum Gasteiger partial charge on any atom is -0.501 e. The van der Waals surface area contributed by atoms with Crippen molar-refractivity contribution in [2.24, 2.45) is 9.98 Å². The lowest BCUT2D eigenvalue weighted by Crippen LogP contribution is -2.34. The van der Waals surface area contributed by atoms with Crippen molar-refractivity contribution in [3.05, 3.63) is 35.6 Å². The van der Waals surface area contributed by atoms with E-state index in [0.29, 0.717) is 6.04 Å². The molecule has 2 aliphatic heterocycles. The first-order valence-corrected chi connectivity index (χ1v) is 7.37. The van der Waals surface area contributed by atoms with Gasteiger partial charge >= 0.3 is 0 Å². The van der Waals surface area contributed by atoms with Crippen LogP contribution in [0.1, 0.15) is 26.7 Å². The highest BCUT2D eigenvalue weighted by Gasteiger charge is 2.32. The number of nitrogens with zero attached hydrogens (tertiary/aromatic N) is 2. The Hall–Kier alpha value is -2.04.